The number of hydrogen-bond donors (Lipinski definition) is 2. The summed E-state index contributed by atoms with van der Waals surface area (Å²) in [4.78, 5) is 0. The van der Waals surface area contributed by atoms with Crippen LogP contribution in [0.15, 0.2) is 0 Å². The molecule has 0 saturated heterocycles. The molecule has 0 heterocycles. The summed E-state index contributed by atoms with van der Waals surface area (Å²) in [5, 5.41) is 3.56. The van der Waals surface area contributed by atoms with Gasteiger partial charge in [0.25, 0.3) is 0 Å². The van der Waals surface area contributed by atoms with E-state index in [1.165, 1.54) is 51.4 Å². The lowest BCUT2D eigenvalue weighted by molar-refractivity contribution is 0.428. The normalized spacial score (nSPS) is 13.2. The Kier molecular flexibility index (Phi) is 12.3. The summed E-state index contributed by atoms with van der Waals surface area (Å²) >= 11 is 0. The first kappa shape index (κ1) is 16.9. The summed E-state index contributed by atoms with van der Waals surface area (Å²) in [7, 11) is 0. The molecule has 17 heavy (non-hydrogen) atoms. The van der Waals surface area contributed by atoms with Crippen molar-refractivity contribution in [1.29, 1.82) is 0 Å². The van der Waals surface area contributed by atoms with E-state index >= 15 is 0 Å². The Balaban J connectivity index is 3.31. The van der Waals surface area contributed by atoms with Crippen LogP contribution in [0, 0.1) is 5.92 Å². The monoisotopic (exact) mass is 242 g/mol. The van der Waals surface area contributed by atoms with Gasteiger partial charge in [-0.2, -0.15) is 0 Å². The van der Waals surface area contributed by atoms with E-state index in [-0.39, 0.29) is 0 Å². The predicted octanol–water partition coefficient (Wildman–Crippen LogP) is 3.70. The summed E-state index contributed by atoms with van der Waals surface area (Å²) < 4.78 is 0. The topological polar surface area (TPSA) is 38.0 Å². The van der Waals surface area contributed by atoms with Crippen LogP contribution in [0.5, 0.6) is 0 Å². The van der Waals surface area contributed by atoms with E-state index in [1.807, 2.05) is 0 Å². The highest BCUT2D eigenvalue weighted by molar-refractivity contribution is 4.68. The predicted molar refractivity (Wildman–Crippen MR) is 78.3 cm³/mol. The Bertz CT molecular complexity index is 146. The Morgan fingerprint density at radius 3 is 2.06 bits per heavy atom. The van der Waals surface area contributed by atoms with Gasteiger partial charge < -0.3 is 11.1 Å². The van der Waals surface area contributed by atoms with Crippen LogP contribution < -0.4 is 11.1 Å². The maximum Gasteiger partial charge on any atom is 0.0190 e. The van der Waals surface area contributed by atoms with Gasteiger partial charge in [-0.1, -0.05) is 65.7 Å². The quantitative estimate of drug-likeness (QED) is 0.512. The largest absolute Gasteiger partial charge is 0.329 e. The zero-order chi connectivity index (χ0) is 12.9. The molecule has 0 aromatic rings. The number of nitrogens with two attached hydrogens (primary N) is 1. The maximum absolute atomic E-state index is 5.78. The lowest BCUT2D eigenvalue weighted by atomic mass is 10.0. The molecular formula is C15H34N2. The summed E-state index contributed by atoms with van der Waals surface area (Å²) in [6, 6.07) is 0.535. The summed E-state index contributed by atoms with van der Waals surface area (Å²) in [5.74, 6) is 0.720. The van der Waals surface area contributed by atoms with E-state index in [4.69, 9.17) is 5.73 Å². The Hall–Kier alpha value is -0.0800. The second-order valence-corrected chi connectivity index (χ2v) is 5.64. The second-order valence-electron chi connectivity index (χ2n) is 5.64. The summed E-state index contributed by atoms with van der Waals surface area (Å²) in [5.41, 5.74) is 5.78. The van der Waals surface area contributed by atoms with Crippen LogP contribution in [0.25, 0.3) is 0 Å². The van der Waals surface area contributed by atoms with E-state index in [2.05, 4.69) is 26.1 Å². The molecule has 0 bridgehead atoms. The van der Waals surface area contributed by atoms with Crippen molar-refractivity contribution in [2.45, 2.75) is 78.2 Å². The number of rotatable bonds is 12. The lowest BCUT2D eigenvalue weighted by Gasteiger charge is -2.18. The minimum absolute atomic E-state index is 0.535. The van der Waals surface area contributed by atoms with Gasteiger partial charge in [-0.25, -0.2) is 0 Å². The van der Waals surface area contributed by atoms with Crippen LogP contribution in [-0.4, -0.2) is 19.1 Å². The Morgan fingerprint density at radius 2 is 1.53 bits per heavy atom. The van der Waals surface area contributed by atoms with Gasteiger partial charge in [0.05, 0.1) is 0 Å². The van der Waals surface area contributed by atoms with E-state index in [0.717, 1.165) is 19.0 Å². The molecule has 0 aliphatic rings. The van der Waals surface area contributed by atoms with Crippen molar-refractivity contribution in [1.82, 2.24) is 5.32 Å². The van der Waals surface area contributed by atoms with Crippen molar-refractivity contribution in [2.75, 3.05) is 13.1 Å². The molecule has 2 nitrogen and oxygen atoms in total. The molecule has 0 aliphatic heterocycles. The van der Waals surface area contributed by atoms with Crippen LogP contribution >= 0.6 is 0 Å². The fourth-order valence-corrected chi connectivity index (χ4v) is 2.05. The smallest absolute Gasteiger partial charge is 0.0190 e. The van der Waals surface area contributed by atoms with Crippen molar-refractivity contribution in [3.8, 4) is 0 Å². The van der Waals surface area contributed by atoms with Crippen molar-refractivity contribution in [2.24, 2.45) is 11.7 Å². The average Bonchev–Trinajstić information content (AvgIpc) is 2.31. The lowest BCUT2D eigenvalue weighted by Crippen LogP contribution is -2.38. The number of unbranched alkanes of at least 4 members (excludes halogenated alkanes) is 6. The SMILES string of the molecule is CCCCCCCCCC(CN)NCC(C)C. The van der Waals surface area contributed by atoms with E-state index in [1.54, 1.807) is 0 Å². The standard InChI is InChI=1S/C15H34N2/c1-4-5-6-7-8-9-10-11-15(12-16)17-13-14(2)3/h14-15,17H,4-13,16H2,1-3H3. The van der Waals surface area contributed by atoms with Gasteiger partial charge in [-0.3, -0.25) is 0 Å². The molecule has 0 amide bonds. The molecule has 104 valence electrons. The Labute approximate surface area is 109 Å². The van der Waals surface area contributed by atoms with Crippen LogP contribution in [-0.2, 0) is 0 Å². The number of hydrogen-bond acceptors (Lipinski definition) is 2. The molecule has 0 aromatic carbocycles. The minimum atomic E-state index is 0.535. The summed E-state index contributed by atoms with van der Waals surface area (Å²) in [6.07, 6.45) is 10.9. The zero-order valence-corrected chi connectivity index (χ0v) is 12.3. The molecule has 1 atom stereocenters. The molecule has 3 N–H and O–H groups in total. The van der Waals surface area contributed by atoms with E-state index in [9.17, 15) is 0 Å². The van der Waals surface area contributed by atoms with Crippen molar-refractivity contribution >= 4 is 0 Å². The van der Waals surface area contributed by atoms with Gasteiger partial charge in [0, 0.05) is 12.6 Å². The average molecular weight is 242 g/mol. The molecule has 0 rings (SSSR count). The van der Waals surface area contributed by atoms with Gasteiger partial charge in [-0.05, 0) is 18.9 Å². The van der Waals surface area contributed by atoms with Crippen molar-refractivity contribution in [3.05, 3.63) is 0 Å². The first-order valence-electron chi connectivity index (χ1n) is 7.64. The Morgan fingerprint density at radius 1 is 0.941 bits per heavy atom. The molecule has 0 aromatic heterocycles. The zero-order valence-electron chi connectivity index (χ0n) is 12.3. The fraction of sp³-hybridized carbons (Fsp3) is 1.00. The third-order valence-electron chi connectivity index (χ3n) is 3.26. The van der Waals surface area contributed by atoms with Gasteiger partial charge in [0.1, 0.15) is 0 Å². The highest BCUT2D eigenvalue weighted by atomic mass is 14.9. The van der Waals surface area contributed by atoms with Gasteiger partial charge in [0.15, 0.2) is 0 Å². The van der Waals surface area contributed by atoms with Gasteiger partial charge in [0.2, 0.25) is 0 Å². The summed E-state index contributed by atoms with van der Waals surface area (Å²) in [6.45, 7) is 8.63. The molecule has 1 unspecified atom stereocenters. The maximum atomic E-state index is 5.78. The fourth-order valence-electron chi connectivity index (χ4n) is 2.05. The molecule has 0 aliphatic carbocycles. The molecular weight excluding hydrogens is 208 g/mol. The second kappa shape index (κ2) is 12.4. The van der Waals surface area contributed by atoms with E-state index in [0.29, 0.717) is 6.04 Å². The van der Waals surface area contributed by atoms with Crippen molar-refractivity contribution < 1.29 is 0 Å². The van der Waals surface area contributed by atoms with Crippen molar-refractivity contribution in [3.63, 3.8) is 0 Å². The van der Waals surface area contributed by atoms with Crippen LogP contribution in [0.3, 0.4) is 0 Å². The van der Waals surface area contributed by atoms with Crippen LogP contribution in [0.1, 0.15) is 72.1 Å². The first-order valence-corrected chi connectivity index (χ1v) is 7.64. The first-order chi connectivity index (χ1) is 8.20. The third-order valence-corrected chi connectivity index (χ3v) is 3.26. The number of nitrogens with one attached hydrogen (secondary N) is 1. The minimum Gasteiger partial charge on any atom is -0.329 e. The molecule has 0 saturated carbocycles. The molecule has 0 fully saturated rings. The van der Waals surface area contributed by atoms with Crippen LogP contribution in [0.4, 0.5) is 0 Å². The van der Waals surface area contributed by atoms with E-state index < -0.39 is 0 Å². The highest BCUT2D eigenvalue weighted by Crippen LogP contribution is 2.09. The molecule has 0 spiro atoms. The van der Waals surface area contributed by atoms with Crippen LogP contribution in [0.2, 0.25) is 0 Å². The van der Waals surface area contributed by atoms with Gasteiger partial charge >= 0.3 is 0 Å². The molecule has 2 heteroatoms. The third kappa shape index (κ3) is 12.2. The molecule has 0 radical (unpaired) electrons. The van der Waals surface area contributed by atoms with Gasteiger partial charge in [-0.15, -0.1) is 0 Å². The highest BCUT2D eigenvalue weighted by Gasteiger charge is 2.05.